The normalized spacial score (nSPS) is 12.5. The highest BCUT2D eigenvalue weighted by molar-refractivity contribution is 5.42. The second-order valence-electron chi connectivity index (χ2n) is 3.59. The van der Waals surface area contributed by atoms with E-state index in [4.69, 9.17) is 0 Å². The molecule has 2 heterocycles. The highest BCUT2D eigenvalue weighted by Crippen LogP contribution is 2.29. The maximum absolute atomic E-state index is 12.3. The minimum atomic E-state index is -4.60. The minimum Gasteiger partial charge on any atom is -0.233 e. The van der Waals surface area contributed by atoms with Crippen molar-refractivity contribution in [2.45, 2.75) is 12.4 Å². The lowest BCUT2D eigenvalue weighted by Crippen LogP contribution is -2.08. The van der Waals surface area contributed by atoms with Gasteiger partial charge >= 0.3 is 12.4 Å². The molecular weight excluding hydrogens is 290 g/mol. The van der Waals surface area contributed by atoms with Crippen molar-refractivity contribution in [3.63, 3.8) is 0 Å². The number of aromatic nitrogens is 4. The van der Waals surface area contributed by atoms with Gasteiger partial charge in [0.15, 0.2) is 11.6 Å². The van der Waals surface area contributed by atoms with Gasteiger partial charge in [0.05, 0.1) is 11.1 Å². The summed E-state index contributed by atoms with van der Waals surface area (Å²) in [5.74, 6) is -0.599. The van der Waals surface area contributed by atoms with Gasteiger partial charge in [0.1, 0.15) is 0 Å². The van der Waals surface area contributed by atoms with Gasteiger partial charge in [-0.3, -0.25) is 0 Å². The summed E-state index contributed by atoms with van der Waals surface area (Å²) in [5.41, 5.74) is -2.15. The summed E-state index contributed by atoms with van der Waals surface area (Å²) in [6.07, 6.45) is -7.18. The highest BCUT2D eigenvalue weighted by atomic mass is 19.4. The zero-order valence-electron chi connectivity index (χ0n) is 9.37. The van der Waals surface area contributed by atoms with Gasteiger partial charge in [-0.05, 0) is 0 Å². The number of nitrogens with zero attached hydrogens (tertiary/aromatic N) is 4. The average Bonchev–Trinajstić information content (AvgIpc) is 2.37. The van der Waals surface area contributed by atoms with Crippen molar-refractivity contribution in [2.24, 2.45) is 0 Å². The summed E-state index contributed by atoms with van der Waals surface area (Å²) in [7, 11) is 0. The Bertz CT molecular complexity index is 532. The summed E-state index contributed by atoms with van der Waals surface area (Å²) in [6, 6.07) is 0. The second kappa shape index (κ2) is 4.69. The number of alkyl halides is 6. The van der Waals surface area contributed by atoms with Gasteiger partial charge in [0.25, 0.3) is 0 Å². The number of hydrogen-bond acceptors (Lipinski definition) is 4. The Morgan fingerprint density at radius 2 is 0.800 bits per heavy atom. The SMILES string of the molecule is FC(F)(F)c1cnc(-c2ncc(C(F)(F)F)cn2)nc1. The third kappa shape index (κ3) is 3.00. The van der Waals surface area contributed by atoms with Crippen molar-refractivity contribution < 1.29 is 26.3 Å². The Morgan fingerprint density at radius 1 is 0.550 bits per heavy atom. The standard InChI is InChI=1S/C10H4F6N4/c11-9(12,13)5-1-17-7(18-2-5)8-19-3-6(4-20-8)10(14,15)16/h1-4H. The molecule has 0 N–H and O–H groups in total. The summed E-state index contributed by atoms with van der Waals surface area (Å²) >= 11 is 0. The molecule has 0 bridgehead atoms. The van der Waals surface area contributed by atoms with Gasteiger partial charge in [0.2, 0.25) is 0 Å². The van der Waals surface area contributed by atoms with E-state index >= 15 is 0 Å². The third-order valence-corrected chi connectivity index (χ3v) is 2.16. The molecule has 0 atom stereocenters. The fraction of sp³-hybridized carbons (Fsp3) is 0.200. The Morgan fingerprint density at radius 3 is 1.00 bits per heavy atom. The van der Waals surface area contributed by atoms with E-state index in [1.807, 2.05) is 0 Å². The molecule has 0 fully saturated rings. The lowest BCUT2D eigenvalue weighted by Gasteiger charge is -2.07. The van der Waals surface area contributed by atoms with Crippen LogP contribution in [-0.2, 0) is 12.4 Å². The first-order chi connectivity index (χ1) is 9.18. The van der Waals surface area contributed by atoms with Crippen LogP contribution in [0.25, 0.3) is 11.6 Å². The molecule has 0 saturated heterocycles. The number of halogens is 6. The van der Waals surface area contributed by atoms with Gasteiger partial charge in [0, 0.05) is 24.8 Å². The van der Waals surface area contributed by atoms with Crippen molar-refractivity contribution in [3.8, 4) is 11.6 Å². The van der Waals surface area contributed by atoms with Crippen LogP contribution in [0.1, 0.15) is 11.1 Å². The summed E-state index contributed by atoms with van der Waals surface area (Å²) in [6.45, 7) is 0. The van der Waals surface area contributed by atoms with Crippen LogP contribution >= 0.6 is 0 Å². The molecule has 106 valence electrons. The average molecular weight is 294 g/mol. The van der Waals surface area contributed by atoms with E-state index in [2.05, 4.69) is 19.9 Å². The van der Waals surface area contributed by atoms with E-state index < -0.39 is 23.5 Å². The van der Waals surface area contributed by atoms with Crippen molar-refractivity contribution in [1.29, 1.82) is 0 Å². The Labute approximate surface area is 107 Å². The van der Waals surface area contributed by atoms with E-state index in [-0.39, 0.29) is 11.6 Å². The molecule has 10 heteroatoms. The first-order valence-corrected chi connectivity index (χ1v) is 4.97. The monoisotopic (exact) mass is 294 g/mol. The molecule has 0 radical (unpaired) electrons. The lowest BCUT2D eigenvalue weighted by molar-refractivity contribution is -0.139. The van der Waals surface area contributed by atoms with Crippen LogP contribution in [0.5, 0.6) is 0 Å². The molecule has 2 rings (SSSR count). The topological polar surface area (TPSA) is 51.6 Å². The fourth-order valence-electron chi connectivity index (χ4n) is 1.18. The molecule has 2 aromatic rings. The maximum atomic E-state index is 12.3. The van der Waals surface area contributed by atoms with E-state index in [0.717, 1.165) is 0 Å². The predicted molar refractivity (Wildman–Crippen MR) is 53.1 cm³/mol. The first-order valence-electron chi connectivity index (χ1n) is 4.97. The second-order valence-corrected chi connectivity index (χ2v) is 3.59. The van der Waals surface area contributed by atoms with E-state index in [0.29, 0.717) is 24.8 Å². The molecule has 0 saturated carbocycles. The van der Waals surface area contributed by atoms with Crippen LogP contribution in [-0.4, -0.2) is 19.9 Å². The summed E-state index contributed by atoms with van der Waals surface area (Å²) in [4.78, 5) is 13.5. The summed E-state index contributed by atoms with van der Waals surface area (Å²) in [5, 5.41) is 0. The number of hydrogen-bond donors (Lipinski definition) is 0. The van der Waals surface area contributed by atoms with Crippen molar-refractivity contribution >= 4 is 0 Å². The van der Waals surface area contributed by atoms with E-state index in [1.54, 1.807) is 0 Å². The van der Waals surface area contributed by atoms with Crippen LogP contribution < -0.4 is 0 Å². The molecular formula is C10H4F6N4. The molecule has 0 aliphatic carbocycles. The van der Waals surface area contributed by atoms with Gasteiger partial charge in [-0.2, -0.15) is 26.3 Å². The van der Waals surface area contributed by atoms with Crippen molar-refractivity contribution in [2.75, 3.05) is 0 Å². The molecule has 0 aliphatic heterocycles. The maximum Gasteiger partial charge on any atom is 0.419 e. The first kappa shape index (κ1) is 14.2. The van der Waals surface area contributed by atoms with Crippen LogP contribution in [0.2, 0.25) is 0 Å². The van der Waals surface area contributed by atoms with Gasteiger partial charge in [-0.1, -0.05) is 0 Å². The quantitative estimate of drug-likeness (QED) is 0.759. The van der Waals surface area contributed by atoms with Gasteiger partial charge < -0.3 is 0 Å². The lowest BCUT2D eigenvalue weighted by atomic mass is 10.3. The molecule has 0 aromatic carbocycles. The molecule has 0 aliphatic rings. The highest BCUT2D eigenvalue weighted by Gasteiger charge is 2.32. The zero-order valence-corrected chi connectivity index (χ0v) is 9.37. The fourth-order valence-corrected chi connectivity index (χ4v) is 1.18. The van der Waals surface area contributed by atoms with Crippen molar-refractivity contribution in [1.82, 2.24) is 19.9 Å². The van der Waals surface area contributed by atoms with Crippen LogP contribution in [0.4, 0.5) is 26.3 Å². The zero-order chi connectivity index (χ0) is 15.0. The molecule has 0 amide bonds. The smallest absolute Gasteiger partial charge is 0.233 e. The molecule has 4 nitrogen and oxygen atoms in total. The van der Waals surface area contributed by atoms with E-state index in [1.165, 1.54) is 0 Å². The molecule has 0 unspecified atom stereocenters. The number of rotatable bonds is 1. The molecule has 0 spiro atoms. The van der Waals surface area contributed by atoms with Gasteiger partial charge in [-0.25, -0.2) is 19.9 Å². The molecule has 2 aromatic heterocycles. The van der Waals surface area contributed by atoms with E-state index in [9.17, 15) is 26.3 Å². The van der Waals surface area contributed by atoms with Crippen LogP contribution in [0.15, 0.2) is 24.8 Å². The van der Waals surface area contributed by atoms with Crippen LogP contribution in [0, 0.1) is 0 Å². The third-order valence-electron chi connectivity index (χ3n) is 2.16. The van der Waals surface area contributed by atoms with Crippen molar-refractivity contribution in [3.05, 3.63) is 35.9 Å². The molecule has 20 heavy (non-hydrogen) atoms. The largest absolute Gasteiger partial charge is 0.419 e. The minimum absolute atomic E-state index is 0.299. The summed E-state index contributed by atoms with van der Waals surface area (Å²) < 4.78 is 73.6. The Hall–Kier alpha value is -2.26. The Kier molecular flexibility index (Phi) is 3.32. The Balaban J connectivity index is 2.29. The van der Waals surface area contributed by atoms with Crippen LogP contribution in [0.3, 0.4) is 0 Å². The van der Waals surface area contributed by atoms with Gasteiger partial charge in [-0.15, -0.1) is 0 Å². The predicted octanol–water partition coefficient (Wildman–Crippen LogP) is 2.97.